The predicted molar refractivity (Wildman–Crippen MR) is 261 cm³/mol. The summed E-state index contributed by atoms with van der Waals surface area (Å²) in [4.78, 5) is 2.43. The molecular formula is C58H37NO2Si. The fourth-order valence-corrected chi connectivity index (χ4v) is 15.6. The molecule has 0 atom stereocenters. The Morgan fingerprint density at radius 2 is 1.00 bits per heavy atom. The molecule has 10 aromatic carbocycles. The number of hydrogen-bond acceptors (Lipinski definition) is 3. The first-order valence-corrected chi connectivity index (χ1v) is 23.2. The van der Waals surface area contributed by atoms with Gasteiger partial charge in [-0.2, -0.15) is 0 Å². The lowest BCUT2D eigenvalue weighted by atomic mass is 10.00. The van der Waals surface area contributed by atoms with Gasteiger partial charge in [0.1, 0.15) is 22.3 Å². The number of nitrogens with zero attached hydrogens (tertiary/aromatic N) is 1. The summed E-state index contributed by atoms with van der Waals surface area (Å²) in [6, 6.07) is 81.9. The number of furan rings is 2. The van der Waals surface area contributed by atoms with Crippen molar-refractivity contribution in [1.29, 1.82) is 0 Å². The normalized spacial score (nSPS) is 13.0. The van der Waals surface area contributed by atoms with E-state index >= 15 is 0 Å². The summed E-state index contributed by atoms with van der Waals surface area (Å²) in [5.74, 6) is 0. The Balaban J connectivity index is 1.09. The van der Waals surface area contributed by atoms with Gasteiger partial charge in [0.15, 0.2) is 8.07 Å². The molecule has 1 aliphatic heterocycles. The van der Waals surface area contributed by atoms with Crippen LogP contribution in [0.1, 0.15) is 0 Å². The first-order chi connectivity index (χ1) is 30.7. The largest absolute Gasteiger partial charge is 0.456 e. The first kappa shape index (κ1) is 34.9. The minimum Gasteiger partial charge on any atom is -0.456 e. The van der Waals surface area contributed by atoms with Crippen molar-refractivity contribution in [3.8, 4) is 22.3 Å². The van der Waals surface area contributed by atoms with Crippen molar-refractivity contribution < 1.29 is 8.83 Å². The van der Waals surface area contributed by atoms with Crippen LogP contribution in [0.4, 0.5) is 17.1 Å². The van der Waals surface area contributed by atoms with Gasteiger partial charge in [-0.3, -0.25) is 0 Å². The van der Waals surface area contributed by atoms with Gasteiger partial charge in [-0.05, 0) is 103 Å². The number of fused-ring (bicyclic) bond motifs is 11. The van der Waals surface area contributed by atoms with Gasteiger partial charge in [0.05, 0.1) is 11.1 Å². The third-order valence-electron chi connectivity index (χ3n) is 13.1. The minimum absolute atomic E-state index is 0.861. The van der Waals surface area contributed by atoms with E-state index in [9.17, 15) is 0 Å². The molecule has 3 nitrogen and oxygen atoms in total. The average molecular weight is 808 g/mol. The maximum absolute atomic E-state index is 6.89. The van der Waals surface area contributed by atoms with Gasteiger partial charge in [0.25, 0.3) is 0 Å². The monoisotopic (exact) mass is 807 g/mol. The van der Waals surface area contributed by atoms with Crippen LogP contribution >= 0.6 is 0 Å². The number of para-hydroxylation sites is 2. The van der Waals surface area contributed by atoms with Crippen molar-refractivity contribution in [3.05, 3.63) is 224 Å². The zero-order chi connectivity index (χ0) is 40.8. The van der Waals surface area contributed by atoms with Crippen LogP contribution in [-0.4, -0.2) is 8.07 Å². The van der Waals surface area contributed by atoms with Gasteiger partial charge < -0.3 is 13.7 Å². The topological polar surface area (TPSA) is 29.5 Å². The van der Waals surface area contributed by atoms with E-state index in [1.165, 1.54) is 53.8 Å². The second-order valence-electron chi connectivity index (χ2n) is 16.4. The summed E-state index contributed by atoms with van der Waals surface area (Å²) in [6.07, 6.45) is 0. The smallest absolute Gasteiger partial charge is 0.181 e. The molecule has 0 saturated carbocycles. The molecule has 290 valence electrons. The molecule has 1 aliphatic rings. The summed E-state index contributed by atoms with van der Waals surface area (Å²) in [5.41, 5.74) is 11.6. The van der Waals surface area contributed by atoms with Crippen LogP contribution in [0, 0.1) is 0 Å². The first-order valence-electron chi connectivity index (χ1n) is 21.2. The van der Waals surface area contributed by atoms with E-state index < -0.39 is 8.07 Å². The molecule has 62 heavy (non-hydrogen) atoms. The summed E-state index contributed by atoms with van der Waals surface area (Å²) >= 11 is 0. The van der Waals surface area contributed by atoms with Crippen molar-refractivity contribution in [2.45, 2.75) is 0 Å². The molecule has 0 N–H and O–H groups in total. The van der Waals surface area contributed by atoms with Crippen LogP contribution in [-0.2, 0) is 0 Å². The molecule has 13 rings (SSSR count). The molecule has 0 fully saturated rings. The number of anilines is 3. The maximum Gasteiger partial charge on any atom is 0.181 e. The van der Waals surface area contributed by atoms with Crippen LogP contribution < -0.4 is 25.6 Å². The lowest BCUT2D eigenvalue weighted by molar-refractivity contribution is 0.669. The summed E-state index contributed by atoms with van der Waals surface area (Å²) in [7, 11) is -2.94. The van der Waals surface area contributed by atoms with Crippen LogP contribution in [0.15, 0.2) is 233 Å². The highest BCUT2D eigenvalue weighted by Gasteiger charge is 2.50. The van der Waals surface area contributed by atoms with Crippen molar-refractivity contribution in [3.63, 3.8) is 0 Å². The zero-order valence-electron chi connectivity index (χ0n) is 33.6. The Kier molecular flexibility index (Phi) is 7.62. The highest BCUT2D eigenvalue weighted by molar-refractivity contribution is 7.22. The van der Waals surface area contributed by atoms with Gasteiger partial charge in [-0.1, -0.05) is 170 Å². The van der Waals surface area contributed by atoms with E-state index in [2.05, 4.69) is 223 Å². The van der Waals surface area contributed by atoms with Crippen LogP contribution in [0.3, 0.4) is 0 Å². The minimum atomic E-state index is -2.94. The molecule has 3 heterocycles. The Hall–Kier alpha value is -7.92. The molecule has 12 aromatic rings. The molecular weight excluding hydrogens is 771 g/mol. The van der Waals surface area contributed by atoms with E-state index in [1.807, 2.05) is 6.07 Å². The summed E-state index contributed by atoms with van der Waals surface area (Å²) < 4.78 is 13.4. The number of hydrogen-bond donors (Lipinski definition) is 0. The van der Waals surface area contributed by atoms with E-state index in [-0.39, 0.29) is 0 Å². The van der Waals surface area contributed by atoms with E-state index in [0.29, 0.717) is 0 Å². The van der Waals surface area contributed by atoms with Crippen molar-refractivity contribution >= 4 is 101 Å². The molecule has 0 spiro atoms. The number of rotatable bonds is 6. The van der Waals surface area contributed by atoms with Crippen molar-refractivity contribution in [2.75, 3.05) is 4.90 Å². The lowest BCUT2D eigenvalue weighted by Crippen LogP contribution is -2.72. The van der Waals surface area contributed by atoms with E-state index in [1.54, 1.807) is 0 Å². The van der Waals surface area contributed by atoms with Crippen molar-refractivity contribution in [2.24, 2.45) is 0 Å². The SMILES string of the molecule is c1ccc([Si]2(c3ccccc3)c3cc(N(c4ccc(-c5ccc6ccccc6c5)cc4)c4cccc5oc6ccccc6c45)ccc3-c3c2ccc2c3oc3ccccc32)cc1. The van der Waals surface area contributed by atoms with E-state index in [0.717, 1.165) is 60.9 Å². The van der Waals surface area contributed by atoms with Gasteiger partial charge >= 0.3 is 0 Å². The molecule has 0 radical (unpaired) electrons. The third-order valence-corrected chi connectivity index (χ3v) is 18.0. The summed E-state index contributed by atoms with van der Waals surface area (Å²) in [5, 5.41) is 12.3. The Bertz CT molecular complexity index is 3660. The molecule has 0 unspecified atom stereocenters. The Morgan fingerprint density at radius 1 is 0.371 bits per heavy atom. The quantitative estimate of drug-likeness (QED) is 0.157. The molecule has 0 aliphatic carbocycles. The van der Waals surface area contributed by atoms with Gasteiger partial charge in [0.2, 0.25) is 0 Å². The Labute approximate surface area is 359 Å². The van der Waals surface area contributed by atoms with Gasteiger partial charge in [0, 0.05) is 33.1 Å². The maximum atomic E-state index is 6.89. The van der Waals surface area contributed by atoms with Crippen LogP contribution in [0.5, 0.6) is 0 Å². The summed E-state index contributed by atoms with van der Waals surface area (Å²) in [6.45, 7) is 0. The average Bonchev–Trinajstić information content (AvgIpc) is 4.01. The predicted octanol–water partition coefficient (Wildman–Crippen LogP) is 13.1. The van der Waals surface area contributed by atoms with Crippen LogP contribution in [0.25, 0.3) is 76.9 Å². The third kappa shape index (κ3) is 5.05. The zero-order valence-corrected chi connectivity index (χ0v) is 34.6. The van der Waals surface area contributed by atoms with Crippen molar-refractivity contribution in [1.82, 2.24) is 0 Å². The number of benzene rings is 10. The van der Waals surface area contributed by atoms with Gasteiger partial charge in [-0.15, -0.1) is 0 Å². The molecule has 2 aromatic heterocycles. The van der Waals surface area contributed by atoms with E-state index in [4.69, 9.17) is 8.83 Å². The fourth-order valence-electron chi connectivity index (χ4n) is 10.4. The molecule has 0 saturated heterocycles. The fraction of sp³-hybridized carbons (Fsp3) is 0. The van der Waals surface area contributed by atoms with Crippen LogP contribution in [0.2, 0.25) is 0 Å². The standard InChI is InChI=1S/C58H37NO2Si/c1-3-16-44(17-4-1)62(45-18-5-2-6-19-45)54-35-34-47-46-20-9-11-23-51(46)61-58(47)57(54)49-33-32-43(37-55(49)62)59(50-22-13-25-53-56(50)48-21-10-12-24-52(48)60-53)42-30-28-39(29-31-42)41-27-26-38-14-7-8-15-40(38)36-41/h1-37H. The highest BCUT2D eigenvalue weighted by Crippen LogP contribution is 2.45. The molecule has 0 amide bonds. The second kappa shape index (κ2) is 13.5. The highest BCUT2D eigenvalue weighted by atomic mass is 28.3. The van der Waals surface area contributed by atoms with Gasteiger partial charge in [-0.25, -0.2) is 0 Å². The molecule has 4 heteroatoms. The lowest BCUT2D eigenvalue weighted by Gasteiger charge is -2.33. The molecule has 0 bridgehead atoms. The second-order valence-corrected chi connectivity index (χ2v) is 20.1. The Morgan fingerprint density at radius 3 is 1.77 bits per heavy atom.